The van der Waals surface area contributed by atoms with E-state index in [0.717, 1.165) is 11.3 Å². The van der Waals surface area contributed by atoms with Crippen molar-refractivity contribution >= 4 is 58.0 Å². The lowest BCUT2D eigenvalue weighted by molar-refractivity contribution is 0.102. The van der Waals surface area contributed by atoms with E-state index in [4.69, 9.17) is 51.1 Å². The van der Waals surface area contributed by atoms with Crippen LogP contribution >= 0.6 is 46.4 Å². The molecule has 1 amide bonds. The smallest absolute Gasteiger partial charge is 0.276 e. The summed E-state index contributed by atoms with van der Waals surface area (Å²) >= 11 is 24.6. The lowest BCUT2D eigenvalue weighted by atomic mass is 10.2. The molecule has 0 saturated carbocycles. The van der Waals surface area contributed by atoms with Crippen LogP contribution in [0.2, 0.25) is 20.1 Å². The van der Waals surface area contributed by atoms with Crippen molar-refractivity contribution in [1.29, 1.82) is 0 Å². The van der Waals surface area contributed by atoms with Gasteiger partial charge in [-0.2, -0.15) is 10.2 Å². The number of aryl methyl sites for hydroxylation is 1. The fraction of sp³-hybridized carbons (Fsp3) is 0.174. The van der Waals surface area contributed by atoms with Crippen LogP contribution in [0.5, 0.6) is 5.75 Å². The Morgan fingerprint density at radius 1 is 1.00 bits per heavy atom. The Morgan fingerprint density at radius 2 is 1.74 bits per heavy atom. The van der Waals surface area contributed by atoms with Gasteiger partial charge in [-0.1, -0.05) is 52.5 Å². The average molecular weight is 539 g/mol. The van der Waals surface area contributed by atoms with Crippen LogP contribution in [0, 0.1) is 13.8 Å². The number of ether oxygens (including phenoxy) is 1. The maximum Gasteiger partial charge on any atom is 0.276 e. The number of nitrogens with zero attached hydrogens (tertiary/aromatic N) is 4. The number of halogens is 4. The van der Waals surface area contributed by atoms with Gasteiger partial charge < -0.3 is 10.1 Å². The van der Waals surface area contributed by atoms with Crippen molar-refractivity contribution < 1.29 is 9.53 Å². The van der Waals surface area contributed by atoms with Crippen LogP contribution in [0.15, 0.2) is 48.7 Å². The molecule has 7 nitrogen and oxygen atoms in total. The standard InChI is InChI=1S/C23H19Cl4N5O2/c1-13-22(14(2)32(29-13)11-16-17(25)4-3-5-18(16)26)28-23(33)20-8-9-31(30-20)12-34-21-7-6-15(24)10-19(21)27/h3-10H,11-12H2,1-2H3,(H,28,33). The van der Waals surface area contributed by atoms with Crippen LogP contribution in [-0.2, 0) is 13.3 Å². The third kappa shape index (κ3) is 5.33. The quantitative estimate of drug-likeness (QED) is 0.286. The Balaban J connectivity index is 1.44. The number of carbonyl (C=O) groups is 1. The molecule has 0 radical (unpaired) electrons. The summed E-state index contributed by atoms with van der Waals surface area (Å²) in [5.41, 5.74) is 3.02. The molecule has 2 aromatic carbocycles. The summed E-state index contributed by atoms with van der Waals surface area (Å²) in [6, 6.07) is 11.9. The molecule has 0 spiro atoms. The van der Waals surface area contributed by atoms with Gasteiger partial charge in [-0.15, -0.1) is 0 Å². The van der Waals surface area contributed by atoms with Crippen LogP contribution in [0.4, 0.5) is 5.69 Å². The highest BCUT2D eigenvalue weighted by Crippen LogP contribution is 2.29. The van der Waals surface area contributed by atoms with Crippen LogP contribution in [0.25, 0.3) is 0 Å². The molecular weight excluding hydrogens is 520 g/mol. The predicted molar refractivity (Wildman–Crippen MR) is 135 cm³/mol. The van der Waals surface area contributed by atoms with Crippen molar-refractivity contribution in [3.8, 4) is 5.75 Å². The minimum atomic E-state index is -0.371. The van der Waals surface area contributed by atoms with Crippen molar-refractivity contribution in [3.05, 3.63) is 91.4 Å². The molecule has 0 fully saturated rings. The number of aromatic nitrogens is 4. The lowest BCUT2D eigenvalue weighted by Gasteiger charge is -2.09. The molecule has 1 N–H and O–H groups in total. The zero-order valence-corrected chi connectivity index (χ0v) is 21.2. The van der Waals surface area contributed by atoms with E-state index in [1.807, 2.05) is 13.8 Å². The van der Waals surface area contributed by atoms with E-state index >= 15 is 0 Å². The van der Waals surface area contributed by atoms with Gasteiger partial charge in [0.25, 0.3) is 5.91 Å². The summed E-state index contributed by atoms with van der Waals surface area (Å²) in [6.45, 7) is 4.13. The molecule has 34 heavy (non-hydrogen) atoms. The van der Waals surface area contributed by atoms with Gasteiger partial charge in [-0.25, -0.2) is 4.68 Å². The van der Waals surface area contributed by atoms with E-state index in [2.05, 4.69) is 15.5 Å². The van der Waals surface area contributed by atoms with Gasteiger partial charge in [0.2, 0.25) is 0 Å². The van der Waals surface area contributed by atoms with Gasteiger partial charge in [0.15, 0.2) is 12.4 Å². The first-order chi connectivity index (χ1) is 16.2. The topological polar surface area (TPSA) is 74.0 Å². The summed E-state index contributed by atoms with van der Waals surface area (Å²) in [4.78, 5) is 12.8. The van der Waals surface area contributed by atoms with Gasteiger partial charge in [0.1, 0.15) is 5.75 Å². The number of nitrogens with one attached hydrogen (secondary N) is 1. The van der Waals surface area contributed by atoms with E-state index in [1.54, 1.807) is 53.3 Å². The third-order valence-corrected chi connectivity index (χ3v) is 6.35. The molecule has 0 unspecified atom stereocenters. The second-order valence-corrected chi connectivity index (χ2v) is 9.10. The van der Waals surface area contributed by atoms with E-state index in [9.17, 15) is 4.79 Å². The zero-order valence-electron chi connectivity index (χ0n) is 18.2. The number of benzene rings is 2. The summed E-state index contributed by atoms with van der Waals surface area (Å²) in [5.74, 6) is 0.0923. The summed E-state index contributed by atoms with van der Waals surface area (Å²) in [6.07, 6.45) is 1.64. The minimum Gasteiger partial charge on any atom is -0.470 e. The second kappa shape index (κ2) is 10.3. The average Bonchev–Trinajstić information content (AvgIpc) is 3.36. The fourth-order valence-electron chi connectivity index (χ4n) is 3.33. The summed E-state index contributed by atoms with van der Waals surface area (Å²) in [5, 5.41) is 13.7. The van der Waals surface area contributed by atoms with Gasteiger partial charge >= 0.3 is 0 Å². The SMILES string of the molecule is Cc1nn(Cc2c(Cl)cccc2Cl)c(C)c1NC(=O)c1ccn(COc2ccc(Cl)cc2Cl)n1. The number of hydrogen-bond donors (Lipinski definition) is 1. The highest BCUT2D eigenvalue weighted by Gasteiger charge is 2.18. The highest BCUT2D eigenvalue weighted by molar-refractivity contribution is 6.36. The number of rotatable bonds is 7. The zero-order chi connectivity index (χ0) is 24.4. The monoisotopic (exact) mass is 537 g/mol. The van der Waals surface area contributed by atoms with Crippen molar-refractivity contribution in [2.45, 2.75) is 27.1 Å². The molecule has 0 saturated heterocycles. The number of carbonyl (C=O) groups excluding carboxylic acids is 1. The van der Waals surface area contributed by atoms with E-state index in [-0.39, 0.29) is 18.3 Å². The molecule has 0 aliphatic rings. The van der Waals surface area contributed by atoms with Crippen LogP contribution in [0.3, 0.4) is 0 Å². The normalized spacial score (nSPS) is 11.0. The third-order valence-electron chi connectivity index (χ3n) is 5.11. The van der Waals surface area contributed by atoms with E-state index in [1.165, 1.54) is 4.68 Å². The highest BCUT2D eigenvalue weighted by atomic mass is 35.5. The maximum atomic E-state index is 12.8. The second-order valence-electron chi connectivity index (χ2n) is 7.45. The van der Waals surface area contributed by atoms with Crippen LogP contribution < -0.4 is 10.1 Å². The minimum absolute atomic E-state index is 0.0726. The molecule has 0 aliphatic heterocycles. The largest absolute Gasteiger partial charge is 0.470 e. The Morgan fingerprint density at radius 3 is 2.44 bits per heavy atom. The molecular formula is C23H19Cl4N5O2. The number of hydrogen-bond acceptors (Lipinski definition) is 4. The summed E-state index contributed by atoms with van der Waals surface area (Å²) in [7, 11) is 0. The maximum absolute atomic E-state index is 12.8. The van der Waals surface area contributed by atoms with Gasteiger partial charge in [-0.3, -0.25) is 9.48 Å². The first-order valence-corrected chi connectivity index (χ1v) is 11.6. The molecule has 2 aromatic heterocycles. The summed E-state index contributed by atoms with van der Waals surface area (Å²) < 4.78 is 8.89. The van der Waals surface area contributed by atoms with Gasteiger partial charge in [0.05, 0.1) is 28.6 Å². The van der Waals surface area contributed by atoms with Crippen molar-refractivity contribution in [1.82, 2.24) is 19.6 Å². The van der Waals surface area contributed by atoms with Crippen molar-refractivity contribution in [2.75, 3.05) is 5.32 Å². The van der Waals surface area contributed by atoms with Crippen molar-refractivity contribution in [2.24, 2.45) is 0 Å². The Kier molecular flexibility index (Phi) is 7.38. The molecule has 4 aromatic rings. The molecule has 4 rings (SSSR count). The molecule has 2 heterocycles. The van der Waals surface area contributed by atoms with Crippen LogP contribution in [0.1, 0.15) is 27.4 Å². The number of anilines is 1. The van der Waals surface area contributed by atoms with E-state index in [0.29, 0.717) is 43.8 Å². The molecule has 0 aliphatic carbocycles. The Hall–Kier alpha value is -2.71. The lowest BCUT2D eigenvalue weighted by Crippen LogP contribution is -2.15. The molecule has 0 bridgehead atoms. The first-order valence-electron chi connectivity index (χ1n) is 10.1. The van der Waals surface area contributed by atoms with E-state index < -0.39 is 0 Å². The predicted octanol–water partition coefficient (Wildman–Crippen LogP) is 6.65. The van der Waals surface area contributed by atoms with Gasteiger partial charge in [-0.05, 0) is 50.2 Å². The molecule has 176 valence electrons. The van der Waals surface area contributed by atoms with Crippen molar-refractivity contribution in [3.63, 3.8) is 0 Å². The number of amides is 1. The molecule has 11 heteroatoms. The Labute approximate surface area is 216 Å². The fourth-order valence-corrected chi connectivity index (χ4v) is 4.31. The Bertz CT molecular complexity index is 1350. The molecule has 0 atom stereocenters. The van der Waals surface area contributed by atoms with Gasteiger partial charge in [0, 0.05) is 26.8 Å². The van der Waals surface area contributed by atoms with Crippen LogP contribution in [-0.4, -0.2) is 25.5 Å². The first kappa shape index (κ1) is 24.4.